The minimum Gasteiger partial charge on any atom is -0.381 e. The number of thiazole rings is 1. The lowest BCUT2D eigenvalue weighted by Crippen LogP contribution is -2.44. The minimum atomic E-state index is -4.55. The fourth-order valence-electron chi connectivity index (χ4n) is 5.72. The number of carbonyl (C=O) groups excluding carboxylic acids is 1. The number of anilines is 1. The number of aryl methyl sites for hydroxylation is 1. The molecule has 0 N–H and O–H groups in total. The molecular formula is C32H35F3N6O2S. The molecule has 1 unspecified atom stereocenters. The van der Waals surface area contributed by atoms with Crippen LogP contribution in [-0.4, -0.2) is 77.1 Å². The number of alkyl halides is 3. The lowest BCUT2D eigenvalue weighted by Gasteiger charge is -2.34. The Morgan fingerprint density at radius 3 is 2.68 bits per heavy atom. The summed E-state index contributed by atoms with van der Waals surface area (Å²) < 4.78 is 48.7. The van der Waals surface area contributed by atoms with Crippen LogP contribution < -0.4 is 4.90 Å². The van der Waals surface area contributed by atoms with Gasteiger partial charge in [-0.15, -0.1) is 16.4 Å². The number of ether oxygens (including phenoxy) is 1. The predicted molar refractivity (Wildman–Crippen MR) is 164 cm³/mol. The molecule has 4 heterocycles. The third-order valence-electron chi connectivity index (χ3n) is 8.34. The van der Waals surface area contributed by atoms with E-state index in [9.17, 15) is 18.0 Å². The van der Waals surface area contributed by atoms with Crippen molar-refractivity contribution >= 4 is 22.8 Å². The number of nitrogens with zero attached hydrogens (tertiary/aromatic N) is 6. The Hall–Kier alpha value is -3.61. The van der Waals surface area contributed by atoms with Crippen molar-refractivity contribution in [2.75, 3.05) is 51.3 Å². The zero-order valence-corrected chi connectivity index (χ0v) is 25.6. The third kappa shape index (κ3) is 7.03. The van der Waals surface area contributed by atoms with E-state index < -0.39 is 11.7 Å². The van der Waals surface area contributed by atoms with E-state index in [1.807, 2.05) is 49.5 Å². The molecule has 2 aromatic carbocycles. The fraction of sp³-hybridized carbons (Fsp3) is 0.438. The molecular weight excluding hydrogens is 589 g/mol. The molecule has 2 aromatic heterocycles. The van der Waals surface area contributed by atoms with E-state index in [2.05, 4.69) is 20.2 Å². The van der Waals surface area contributed by atoms with Gasteiger partial charge in [-0.1, -0.05) is 17.3 Å². The standard InChI is InChI=1S/C32H35F3N6O2S/c1-21-5-6-22(13-29(42)24-15-25(32(33,34)35)17-26(16-24)40-9-7-39(2)8-10-40)12-28(21)41-19-27(37-38-41)30-18-36-31(44-30)14-23-4-3-11-43-20-23/h5-6,12,15-19,23H,3-4,7-11,13-14,20H2,1-2H3. The highest BCUT2D eigenvalue weighted by Gasteiger charge is 2.32. The molecule has 0 radical (unpaired) electrons. The van der Waals surface area contributed by atoms with E-state index in [1.54, 1.807) is 22.1 Å². The van der Waals surface area contributed by atoms with E-state index in [0.29, 0.717) is 36.0 Å². The van der Waals surface area contributed by atoms with Gasteiger partial charge in [-0.3, -0.25) is 4.79 Å². The van der Waals surface area contributed by atoms with Crippen molar-refractivity contribution in [1.82, 2.24) is 24.9 Å². The van der Waals surface area contributed by atoms with Gasteiger partial charge >= 0.3 is 6.18 Å². The van der Waals surface area contributed by atoms with Gasteiger partial charge in [0.05, 0.1) is 27.3 Å². The molecule has 44 heavy (non-hydrogen) atoms. The Labute approximate surface area is 258 Å². The van der Waals surface area contributed by atoms with Crippen molar-refractivity contribution < 1.29 is 22.7 Å². The number of likely N-dealkylation sites (N-methyl/N-ethyl adjacent to an activating group) is 1. The Morgan fingerprint density at radius 1 is 1.11 bits per heavy atom. The molecule has 0 amide bonds. The predicted octanol–water partition coefficient (Wildman–Crippen LogP) is 5.86. The van der Waals surface area contributed by atoms with Crippen molar-refractivity contribution in [2.45, 2.75) is 38.8 Å². The maximum Gasteiger partial charge on any atom is 0.416 e. The second-order valence-corrected chi connectivity index (χ2v) is 12.8. The molecule has 2 saturated heterocycles. The molecule has 2 aliphatic heterocycles. The molecule has 12 heteroatoms. The van der Waals surface area contributed by atoms with Crippen LogP contribution in [0.1, 0.15) is 44.9 Å². The van der Waals surface area contributed by atoms with Gasteiger partial charge in [-0.05, 0) is 68.1 Å². The van der Waals surface area contributed by atoms with E-state index in [1.165, 1.54) is 0 Å². The molecule has 0 aliphatic carbocycles. The normalized spacial score (nSPS) is 18.1. The summed E-state index contributed by atoms with van der Waals surface area (Å²) in [4.78, 5) is 23.0. The number of rotatable bonds is 8. The molecule has 4 aromatic rings. The van der Waals surface area contributed by atoms with Crippen LogP contribution in [0.4, 0.5) is 18.9 Å². The Bertz CT molecular complexity index is 1620. The minimum absolute atomic E-state index is 0.0403. The fourth-order valence-corrected chi connectivity index (χ4v) is 6.70. The van der Waals surface area contributed by atoms with E-state index >= 15 is 0 Å². The highest BCUT2D eigenvalue weighted by Crippen LogP contribution is 2.34. The van der Waals surface area contributed by atoms with Crippen LogP contribution in [0.5, 0.6) is 0 Å². The largest absolute Gasteiger partial charge is 0.416 e. The van der Waals surface area contributed by atoms with Crippen LogP contribution in [0.3, 0.4) is 0 Å². The van der Waals surface area contributed by atoms with Gasteiger partial charge in [-0.2, -0.15) is 13.2 Å². The maximum absolute atomic E-state index is 13.8. The number of Topliss-reactive ketones (excluding diaryl/α,β-unsaturated/α-hetero) is 1. The summed E-state index contributed by atoms with van der Waals surface area (Å²) >= 11 is 1.60. The number of benzene rings is 2. The van der Waals surface area contributed by atoms with Gasteiger partial charge < -0.3 is 14.5 Å². The number of aromatic nitrogens is 4. The highest BCUT2D eigenvalue weighted by atomic mass is 32.1. The molecule has 6 rings (SSSR count). The summed E-state index contributed by atoms with van der Waals surface area (Å²) in [7, 11) is 1.98. The monoisotopic (exact) mass is 624 g/mol. The summed E-state index contributed by atoms with van der Waals surface area (Å²) in [5, 5.41) is 9.76. The number of hydrogen-bond acceptors (Lipinski definition) is 8. The number of piperazine rings is 1. The Balaban J connectivity index is 1.20. The topological polar surface area (TPSA) is 76.4 Å². The quantitative estimate of drug-likeness (QED) is 0.227. The lowest BCUT2D eigenvalue weighted by molar-refractivity contribution is -0.137. The molecule has 2 fully saturated rings. The van der Waals surface area contributed by atoms with Crippen LogP contribution >= 0.6 is 11.3 Å². The number of ketones is 1. The highest BCUT2D eigenvalue weighted by molar-refractivity contribution is 7.15. The van der Waals surface area contributed by atoms with Gasteiger partial charge in [0.1, 0.15) is 5.69 Å². The molecule has 2 aliphatic rings. The maximum atomic E-state index is 13.8. The lowest BCUT2D eigenvalue weighted by atomic mass is 9.98. The second-order valence-electron chi connectivity index (χ2n) is 11.7. The first-order valence-corrected chi connectivity index (χ1v) is 15.7. The van der Waals surface area contributed by atoms with Crippen LogP contribution in [0.15, 0.2) is 48.8 Å². The van der Waals surface area contributed by atoms with Gasteiger partial charge in [0.2, 0.25) is 0 Å². The average molecular weight is 625 g/mol. The van der Waals surface area contributed by atoms with Gasteiger partial charge in [0.25, 0.3) is 0 Å². The summed E-state index contributed by atoms with van der Waals surface area (Å²) in [6.45, 7) is 6.24. The molecule has 8 nitrogen and oxygen atoms in total. The van der Waals surface area contributed by atoms with Crippen molar-refractivity contribution in [2.24, 2.45) is 5.92 Å². The molecule has 0 saturated carbocycles. The van der Waals surface area contributed by atoms with Crippen molar-refractivity contribution in [3.8, 4) is 16.3 Å². The zero-order valence-electron chi connectivity index (χ0n) is 24.8. The van der Waals surface area contributed by atoms with Crippen molar-refractivity contribution in [3.63, 3.8) is 0 Å². The summed E-state index contributed by atoms with van der Waals surface area (Å²) in [5.41, 5.74) is 2.73. The Morgan fingerprint density at radius 2 is 1.93 bits per heavy atom. The SMILES string of the molecule is Cc1ccc(CC(=O)c2cc(N3CCN(C)CC3)cc(C(F)(F)F)c2)cc1-n1cc(-c2cnc(CC3CCCOC3)s2)nn1. The van der Waals surface area contributed by atoms with Crippen LogP contribution in [0, 0.1) is 12.8 Å². The zero-order chi connectivity index (χ0) is 30.8. The van der Waals surface area contributed by atoms with Gasteiger partial charge in [-0.25, -0.2) is 9.67 Å². The number of halogens is 3. The van der Waals surface area contributed by atoms with E-state index in [0.717, 1.165) is 78.8 Å². The molecule has 232 valence electrons. The average Bonchev–Trinajstić information content (AvgIpc) is 3.68. The summed E-state index contributed by atoms with van der Waals surface area (Å²) in [6.07, 6.45) is 2.18. The third-order valence-corrected chi connectivity index (χ3v) is 9.38. The van der Waals surface area contributed by atoms with Crippen LogP contribution in [0.25, 0.3) is 16.3 Å². The number of carbonyl (C=O) groups is 1. The van der Waals surface area contributed by atoms with E-state index in [4.69, 9.17) is 4.74 Å². The van der Waals surface area contributed by atoms with E-state index in [-0.39, 0.29) is 17.8 Å². The van der Waals surface area contributed by atoms with Gasteiger partial charge in [0, 0.05) is 69.7 Å². The smallest absolute Gasteiger partial charge is 0.381 e. The summed E-state index contributed by atoms with van der Waals surface area (Å²) in [5.74, 6) is 0.113. The van der Waals surface area contributed by atoms with Crippen LogP contribution in [-0.2, 0) is 23.8 Å². The van der Waals surface area contributed by atoms with Crippen molar-refractivity contribution in [3.05, 3.63) is 76.1 Å². The van der Waals surface area contributed by atoms with Gasteiger partial charge in [0.15, 0.2) is 5.78 Å². The molecule has 0 bridgehead atoms. The Kier molecular flexibility index (Phi) is 8.84. The first kappa shape index (κ1) is 30.4. The second kappa shape index (κ2) is 12.8. The first-order chi connectivity index (χ1) is 21.1. The summed E-state index contributed by atoms with van der Waals surface area (Å²) in [6, 6.07) is 9.26. The number of hydrogen-bond donors (Lipinski definition) is 0. The first-order valence-electron chi connectivity index (χ1n) is 14.9. The molecule has 0 spiro atoms. The van der Waals surface area contributed by atoms with Crippen LogP contribution in [0.2, 0.25) is 0 Å². The van der Waals surface area contributed by atoms with Crippen molar-refractivity contribution in [1.29, 1.82) is 0 Å². The molecule has 1 atom stereocenters.